The SMILES string of the molecule is O=C(Nc1ccc2c(c1)CN(C(=O)Nc1ccc3c(c1)OCO3)CC2)[C@@H]1CCCO1. The van der Waals surface area contributed by atoms with Crippen molar-refractivity contribution in [2.45, 2.75) is 31.9 Å². The molecule has 0 radical (unpaired) electrons. The van der Waals surface area contributed by atoms with Crippen molar-refractivity contribution in [2.75, 3.05) is 30.6 Å². The van der Waals surface area contributed by atoms with E-state index in [9.17, 15) is 9.59 Å². The average Bonchev–Trinajstić information content (AvgIpc) is 3.45. The van der Waals surface area contributed by atoms with Gasteiger partial charge in [0.25, 0.3) is 5.91 Å². The van der Waals surface area contributed by atoms with Gasteiger partial charge in [0.1, 0.15) is 6.10 Å². The molecule has 2 aromatic rings. The van der Waals surface area contributed by atoms with Gasteiger partial charge in [0, 0.05) is 37.1 Å². The number of anilines is 2. The Morgan fingerprint density at radius 1 is 0.967 bits per heavy atom. The molecule has 0 spiro atoms. The van der Waals surface area contributed by atoms with Gasteiger partial charge in [0.15, 0.2) is 11.5 Å². The Labute approximate surface area is 174 Å². The Morgan fingerprint density at radius 2 is 1.80 bits per heavy atom. The lowest BCUT2D eigenvalue weighted by Gasteiger charge is -2.29. The summed E-state index contributed by atoms with van der Waals surface area (Å²) < 4.78 is 16.1. The molecule has 2 N–H and O–H groups in total. The monoisotopic (exact) mass is 409 g/mol. The summed E-state index contributed by atoms with van der Waals surface area (Å²) >= 11 is 0. The van der Waals surface area contributed by atoms with Gasteiger partial charge in [0.2, 0.25) is 6.79 Å². The maximum Gasteiger partial charge on any atom is 0.322 e. The number of hydrogen-bond acceptors (Lipinski definition) is 5. The highest BCUT2D eigenvalue weighted by atomic mass is 16.7. The highest BCUT2D eigenvalue weighted by Gasteiger charge is 2.25. The highest BCUT2D eigenvalue weighted by Crippen LogP contribution is 2.34. The van der Waals surface area contributed by atoms with Crippen molar-refractivity contribution in [3.8, 4) is 11.5 Å². The Morgan fingerprint density at radius 3 is 2.67 bits per heavy atom. The Hall–Kier alpha value is -3.26. The van der Waals surface area contributed by atoms with Crippen LogP contribution in [-0.4, -0.2) is 42.9 Å². The zero-order valence-corrected chi connectivity index (χ0v) is 16.5. The molecular formula is C22H23N3O5. The lowest BCUT2D eigenvalue weighted by atomic mass is 9.99. The number of urea groups is 1. The topological polar surface area (TPSA) is 89.1 Å². The first kappa shape index (κ1) is 18.7. The second kappa shape index (κ2) is 7.87. The van der Waals surface area contributed by atoms with Crippen molar-refractivity contribution in [1.29, 1.82) is 0 Å². The lowest BCUT2D eigenvalue weighted by molar-refractivity contribution is -0.124. The zero-order valence-electron chi connectivity index (χ0n) is 16.5. The van der Waals surface area contributed by atoms with Crippen LogP contribution in [0.25, 0.3) is 0 Å². The Bertz CT molecular complexity index is 987. The molecule has 0 bridgehead atoms. The normalized spacial score (nSPS) is 19.3. The molecule has 30 heavy (non-hydrogen) atoms. The quantitative estimate of drug-likeness (QED) is 0.813. The smallest absolute Gasteiger partial charge is 0.322 e. The summed E-state index contributed by atoms with van der Waals surface area (Å²) in [6, 6.07) is 11.0. The van der Waals surface area contributed by atoms with Gasteiger partial charge in [-0.3, -0.25) is 4.79 Å². The number of nitrogens with zero attached hydrogens (tertiary/aromatic N) is 1. The number of carbonyl (C=O) groups excluding carboxylic acids is 2. The molecule has 3 heterocycles. The van der Waals surface area contributed by atoms with Gasteiger partial charge in [-0.05, 0) is 54.7 Å². The van der Waals surface area contributed by atoms with Gasteiger partial charge in [-0.2, -0.15) is 0 Å². The van der Waals surface area contributed by atoms with Crippen LogP contribution in [0.2, 0.25) is 0 Å². The molecule has 0 unspecified atom stereocenters. The molecule has 5 rings (SSSR count). The van der Waals surface area contributed by atoms with Gasteiger partial charge in [-0.25, -0.2) is 4.79 Å². The van der Waals surface area contributed by atoms with Gasteiger partial charge >= 0.3 is 6.03 Å². The minimum absolute atomic E-state index is 0.110. The van der Waals surface area contributed by atoms with E-state index in [0.717, 1.165) is 30.5 Å². The van der Waals surface area contributed by atoms with E-state index < -0.39 is 0 Å². The van der Waals surface area contributed by atoms with Crippen LogP contribution in [0.5, 0.6) is 11.5 Å². The Balaban J connectivity index is 1.24. The number of rotatable bonds is 3. The third-order valence-corrected chi connectivity index (χ3v) is 5.62. The molecule has 3 aliphatic rings. The second-order valence-electron chi connectivity index (χ2n) is 7.64. The van der Waals surface area contributed by atoms with Crippen LogP contribution in [0.1, 0.15) is 24.0 Å². The molecule has 2 aromatic carbocycles. The van der Waals surface area contributed by atoms with Gasteiger partial charge in [-0.15, -0.1) is 0 Å². The molecule has 1 fully saturated rings. The van der Waals surface area contributed by atoms with Crippen LogP contribution in [0.15, 0.2) is 36.4 Å². The van der Waals surface area contributed by atoms with E-state index in [4.69, 9.17) is 14.2 Å². The van der Waals surface area contributed by atoms with Crippen molar-refractivity contribution in [2.24, 2.45) is 0 Å². The van der Waals surface area contributed by atoms with Crippen LogP contribution >= 0.6 is 0 Å². The number of hydrogen-bond donors (Lipinski definition) is 2. The number of benzene rings is 2. The van der Waals surface area contributed by atoms with Crippen LogP contribution in [0, 0.1) is 0 Å². The summed E-state index contributed by atoms with van der Waals surface area (Å²) in [6.07, 6.45) is 2.06. The van der Waals surface area contributed by atoms with Crippen molar-refractivity contribution in [3.63, 3.8) is 0 Å². The summed E-state index contributed by atoms with van der Waals surface area (Å²) in [5, 5.41) is 5.85. The molecule has 8 heteroatoms. The molecule has 1 atom stereocenters. The summed E-state index contributed by atoms with van der Waals surface area (Å²) in [6.45, 7) is 1.94. The third kappa shape index (κ3) is 3.78. The van der Waals surface area contributed by atoms with E-state index >= 15 is 0 Å². The van der Waals surface area contributed by atoms with Gasteiger partial charge in [-0.1, -0.05) is 6.07 Å². The first-order chi connectivity index (χ1) is 14.7. The Kier molecular flexibility index (Phi) is 4.92. The molecule has 1 saturated heterocycles. The third-order valence-electron chi connectivity index (χ3n) is 5.62. The average molecular weight is 409 g/mol. The molecule has 3 aliphatic heterocycles. The van der Waals surface area contributed by atoms with Crippen molar-refractivity contribution in [1.82, 2.24) is 4.90 Å². The minimum Gasteiger partial charge on any atom is -0.454 e. The van der Waals surface area contributed by atoms with Crippen LogP contribution in [0.4, 0.5) is 16.2 Å². The summed E-state index contributed by atoms with van der Waals surface area (Å²) in [5.74, 6) is 1.20. The van der Waals surface area contributed by atoms with Crippen molar-refractivity contribution in [3.05, 3.63) is 47.5 Å². The van der Waals surface area contributed by atoms with E-state index in [1.807, 2.05) is 18.2 Å². The molecule has 3 amide bonds. The predicted molar refractivity (Wildman–Crippen MR) is 110 cm³/mol. The van der Waals surface area contributed by atoms with E-state index in [-0.39, 0.29) is 24.8 Å². The fourth-order valence-corrected chi connectivity index (χ4v) is 3.99. The number of fused-ring (bicyclic) bond motifs is 2. The molecule has 0 aromatic heterocycles. The largest absolute Gasteiger partial charge is 0.454 e. The van der Waals surface area contributed by atoms with E-state index in [1.54, 1.807) is 23.1 Å². The summed E-state index contributed by atoms with van der Waals surface area (Å²) in [5.41, 5.74) is 3.62. The van der Waals surface area contributed by atoms with Crippen LogP contribution < -0.4 is 20.1 Å². The molecule has 8 nitrogen and oxygen atoms in total. The summed E-state index contributed by atoms with van der Waals surface area (Å²) in [4.78, 5) is 26.8. The fraction of sp³-hybridized carbons (Fsp3) is 0.364. The van der Waals surface area contributed by atoms with Gasteiger partial charge < -0.3 is 29.7 Å². The number of nitrogens with one attached hydrogen (secondary N) is 2. The van der Waals surface area contributed by atoms with E-state index in [2.05, 4.69) is 10.6 Å². The first-order valence-corrected chi connectivity index (χ1v) is 10.2. The number of carbonyl (C=O) groups is 2. The maximum atomic E-state index is 12.8. The van der Waals surface area contributed by atoms with Gasteiger partial charge in [0.05, 0.1) is 0 Å². The number of ether oxygens (including phenoxy) is 3. The fourth-order valence-electron chi connectivity index (χ4n) is 3.99. The number of amides is 3. The van der Waals surface area contributed by atoms with Crippen LogP contribution in [0.3, 0.4) is 0 Å². The van der Waals surface area contributed by atoms with Crippen LogP contribution in [-0.2, 0) is 22.5 Å². The molecule has 0 aliphatic carbocycles. The minimum atomic E-state index is -0.370. The van der Waals surface area contributed by atoms with Crippen molar-refractivity contribution >= 4 is 23.3 Å². The molecular weight excluding hydrogens is 386 g/mol. The second-order valence-corrected chi connectivity index (χ2v) is 7.64. The van der Waals surface area contributed by atoms with E-state index in [0.29, 0.717) is 36.9 Å². The molecule has 156 valence electrons. The standard InChI is InChI=1S/C22H23N3O5/c26-21(19-2-1-9-28-19)23-16-4-3-14-7-8-25(12-15(14)10-16)22(27)24-17-5-6-18-20(11-17)30-13-29-18/h3-6,10-11,19H,1-2,7-9,12-13H2,(H,23,26)(H,24,27)/t19-/m0/s1. The maximum absolute atomic E-state index is 12.8. The first-order valence-electron chi connectivity index (χ1n) is 10.2. The molecule has 0 saturated carbocycles. The highest BCUT2D eigenvalue weighted by molar-refractivity contribution is 5.94. The predicted octanol–water partition coefficient (Wildman–Crippen LogP) is 3.12. The lowest BCUT2D eigenvalue weighted by Crippen LogP contribution is -2.39. The zero-order chi connectivity index (χ0) is 20.5. The van der Waals surface area contributed by atoms with E-state index in [1.165, 1.54) is 5.56 Å². The van der Waals surface area contributed by atoms with Crippen molar-refractivity contribution < 1.29 is 23.8 Å². The summed E-state index contributed by atoms with van der Waals surface area (Å²) in [7, 11) is 0.